The van der Waals surface area contributed by atoms with Crippen LogP contribution >= 0.6 is 7.82 Å². The third kappa shape index (κ3) is 2.85. The summed E-state index contributed by atoms with van der Waals surface area (Å²) < 4.78 is 16.7. The number of rotatable bonds is 4. The zero-order valence-corrected chi connectivity index (χ0v) is 14.9. The van der Waals surface area contributed by atoms with Gasteiger partial charge in [0.25, 0.3) is 0 Å². The van der Waals surface area contributed by atoms with Gasteiger partial charge < -0.3 is 9.79 Å². The molecule has 0 amide bonds. The third-order valence-corrected chi connectivity index (χ3v) is 7.59. The van der Waals surface area contributed by atoms with Gasteiger partial charge in [-0.3, -0.25) is 4.52 Å². The quantitative estimate of drug-likeness (QED) is 0.749. The first-order valence-electron chi connectivity index (χ1n) is 8.22. The lowest BCUT2D eigenvalue weighted by Crippen LogP contribution is -2.47. The summed E-state index contributed by atoms with van der Waals surface area (Å²) in [7, 11) is -4.46. The molecule has 2 rings (SSSR count). The molecule has 124 valence electrons. The van der Waals surface area contributed by atoms with Gasteiger partial charge in [-0.25, -0.2) is 4.57 Å². The van der Waals surface area contributed by atoms with Gasteiger partial charge in [-0.2, -0.15) is 0 Å². The Balaban J connectivity index is 2.30. The van der Waals surface area contributed by atoms with Crippen molar-refractivity contribution >= 4 is 7.82 Å². The van der Waals surface area contributed by atoms with Crippen molar-refractivity contribution in [2.75, 3.05) is 0 Å². The predicted molar refractivity (Wildman–Crippen MR) is 83.8 cm³/mol. The molecule has 0 saturated heterocycles. The Morgan fingerprint density at radius 2 is 1.76 bits per heavy atom. The normalized spacial score (nSPS) is 43.4. The summed E-state index contributed by atoms with van der Waals surface area (Å²) in [5.41, 5.74) is -0.713. The van der Waals surface area contributed by atoms with Crippen molar-refractivity contribution in [3.8, 4) is 0 Å². The lowest BCUT2D eigenvalue weighted by molar-refractivity contribution is -0.0703. The van der Waals surface area contributed by atoms with Gasteiger partial charge in [-0.1, -0.05) is 40.5 Å². The highest BCUT2D eigenvalue weighted by atomic mass is 31.2. The van der Waals surface area contributed by atoms with Crippen molar-refractivity contribution in [3.63, 3.8) is 0 Å². The summed E-state index contributed by atoms with van der Waals surface area (Å²) in [5.74, 6) is 1.17. The van der Waals surface area contributed by atoms with E-state index in [0.29, 0.717) is 5.92 Å². The highest BCUT2D eigenvalue weighted by molar-refractivity contribution is 7.46. The topological polar surface area (TPSA) is 66.8 Å². The van der Waals surface area contributed by atoms with E-state index in [1.54, 1.807) is 0 Å². The smallest absolute Gasteiger partial charge is 0.303 e. The zero-order valence-electron chi connectivity index (χ0n) is 14.1. The van der Waals surface area contributed by atoms with E-state index >= 15 is 0 Å². The van der Waals surface area contributed by atoms with E-state index in [2.05, 4.69) is 27.7 Å². The molecule has 2 N–H and O–H groups in total. The molecule has 0 aromatic heterocycles. The summed E-state index contributed by atoms with van der Waals surface area (Å²) >= 11 is 0. The van der Waals surface area contributed by atoms with Crippen LogP contribution in [0.25, 0.3) is 0 Å². The number of hydrogen-bond acceptors (Lipinski definition) is 2. The van der Waals surface area contributed by atoms with E-state index < -0.39 is 13.4 Å². The first kappa shape index (κ1) is 17.5. The fourth-order valence-electron chi connectivity index (χ4n) is 5.44. The largest absolute Gasteiger partial charge is 0.470 e. The van der Waals surface area contributed by atoms with E-state index in [9.17, 15) is 14.4 Å². The minimum absolute atomic E-state index is 0.235. The Morgan fingerprint density at radius 3 is 2.29 bits per heavy atom. The molecule has 4 nitrogen and oxygen atoms in total. The lowest BCUT2D eigenvalue weighted by Gasteiger charge is -2.49. The number of hydrogen-bond donors (Lipinski definition) is 2. The van der Waals surface area contributed by atoms with E-state index in [4.69, 9.17) is 4.52 Å². The van der Waals surface area contributed by atoms with Crippen molar-refractivity contribution in [2.45, 2.75) is 78.7 Å². The third-order valence-electron chi connectivity index (χ3n) is 6.95. The number of phosphoric ester groups is 1. The van der Waals surface area contributed by atoms with Crippen LogP contribution in [0.1, 0.15) is 73.1 Å². The van der Waals surface area contributed by atoms with Crippen LogP contribution in [0, 0.1) is 22.7 Å². The second-order valence-corrected chi connectivity index (χ2v) is 9.29. The van der Waals surface area contributed by atoms with Crippen LogP contribution in [0.2, 0.25) is 0 Å². The maximum Gasteiger partial charge on any atom is 0.470 e. The Bertz CT molecular complexity index is 444. The molecule has 0 aromatic carbocycles. The van der Waals surface area contributed by atoms with Crippen LogP contribution in [0.4, 0.5) is 0 Å². The van der Waals surface area contributed by atoms with Crippen molar-refractivity contribution < 1.29 is 18.9 Å². The highest BCUT2D eigenvalue weighted by Gasteiger charge is 2.61. The van der Waals surface area contributed by atoms with Crippen LogP contribution in [-0.2, 0) is 9.09 Å². The molecule has 2 aliphatic carbocycles. The van der Waals surface area contributed by atoms with Gasteiger partial charge in [0.1, 0.15) is 0 Å². The van der Waals surface area contributed by atoms with Gasteiger partial charge in [0, 0.05) is 0 Å². The van der Waals surface area contributed by atoms with Crippen LogP contribution in [0.15, 0.2) is 0 Å². The van der Waals surface area contributed by atoms with Crippen molar-refractivity contribution in [1.82, 2.24) is 0 Å². The molecule has 5 heteroatoms. The second-order valence-electron chi connectivity index (χ2n) is 8.13. The standard InChI is InChI=1S/C16H31O4P/c1-6-12-8-7-10-15(12,4)13-9-11-16(5,14(13,2)3)20-21(17,18)19/h12-13H,6-11H2,1-5H3,(H2,17,18,19). The molecule has 0 spiro atoms. The van der Waals surface area contributed by atoms with Gasteiger partial charge in [-0.15, -0.1) is 0 Å². The molecule has 2 aliphatic rings. The van der Waals surface area contributed by atoms with E-state index in [0.717, 1.165) is 18.8 Å². The summed E-state index contributed by atoms with van der Waals surface area (Å²) in [4.78, 5) is 18.6. The minimum Gasteiger partial charge on any atom is -0.303 e. The van der Waals surface area contributed by atoms with Gasteiger partial charge in [0.2, 0.25) is 0 Å². The first-order chi connectivity index (χ1) is 9.46. The molecular weight excluding hydrogens is 287 g/mol. The van der Waals surface area contributed by atoms with E-state index in [1.807, 2.05) is 6.92 Å². The van der Waals surface area contributed by atoms with E-state index in [1.165, 1.54) is 25.7 Å². The maximum absolute atomic E-state index is 11.4. The molecule has 0 bridgehead atoms. The minimum atomic E-state index is -4.46. The lowest BCUT2D eigenvalue weighted by atomic mass is 9.58. The first-order valence-corrected chi connectivity index (χ1v) is 9.75. The number of phosphoric acid groups is 1. The van der Waals surface area contributed by atoms with Crippen LogP contribution in [-0.4, -0.2) is 15.4 Å². The Kier molecular flexibility index (Phi) is 4.43. The SMILES string of the molecule is CCC1CCCC1(C)C1CCC(C)(OP(=O)(O)O)C1(C)C. The van der Waals surface area contributed by atoms with Gasteiger partial charge in [-0.05, 0) is 55.3 Å². The fraction of sp³-hybridized carbons (Fsp3) is 1.00. The Hall–Kier alpha value is 0.110. The van der Waals surface area contributed by atoms with Crippen molar-refractivity contribution in [1.29, 1.82) is 0 Å². The molecular formula is C16H31O4P. The van der Waals surface area contributed by atoms with Crippen LogP contribution < -0.4 is 0 Å². The summed E-state index contributed by atoms with van der Waals surface area (Å²) in [6, 6.07) is 0. The van der Waals surface area contributed by atoms with Crippen LogP contribution in [0.3, 0.4) is 0 Å². The van der Waals surface area contributed by atoms with Crippen molar-refractivity contribution in [3.05, 3.63) is 0 Å². The van der Waals surface area contributed by atoms with E-state index in [-0.39, 0.29) is 10.8 Å². The average Bonchev–Trinajstić information content (AvgIpc) is 2.77. The summed E-state index contributed by atoms with van der Waals surface area (Å²) in [6.07, 6.45) is 6.70. The average molecular weight is 318 g/mol. The molecule has 2 fully saturated rings. The molecule has 0 radical (unpaired) electrons. The Labute approximate surface area is 128 Å². The van der Waals surface area contributed by atoms with Gasteiger partial charge in [0.05, 0.1) is 5.60 Å². The van der Waals surface area contributed by atoms with Crippen molar-refractivity contribution in [2.24, 2.45) is 22.7 Å². The molecule has 0 heterocycles. The monoisotopic (exact) mass is 318 g/mol. The Morgan fingerprint density at radius 1 is 1.14 bits per heavy atom. The molecule has 0 aliphatic heterocycles. The maximum atomic E-state index is 11.4. The molecule has 21 heavy (non-hydrogen) atoms. The summed E-state index contributed by atoms with van der Waals surface area (Å²) in [6.45, 7) is 10.8. The highest BCUT2D eigenvalue weighted by Crippen LogP contribution is 2.66. The molecule has 4 unspecified atom stereocenters. The molecule has 4 atom stereocenters. The molecule has 2 saturated carbocycles. The van der Waals surface area contributed by atoms with Gasteiger partial charge in [0.15, 0.2) is 0 Å². The predicted octanol–water partition coefficient (Wildman–Crippen LogP) is 4.51. The summed E-state index contributed by atoms with van der Waals surface area (Å²) in [5, 5.41) is 0. The fourth-order valence-corrected chi connectivity index (χ4v) is 6.30. The zero-order chi connectivity index (χ0) is 16.1. The molecule has 0 aromatic rings. The second kappa shape index (κ2) is 5.33. The van der Waals surface area contributed by atoms with Gasteiger partial charge >= 0.3 is 7.82 Å². The van der Waals surface area contributed by atoms with Crippen LogP contribution in [0.5, 0.6) is 0 Å².